The van der Waals surface area contributed by atoms with Crippen molar-refractivity contribution >= 4 is 11.9 Å². The summed E-state index contributed by atoms with van der Waals surface area (Å²) in [4.78, 5) is 21.6. The van der Waals surface area contributed by atoms with E-state index in [1.54, 1.807) is 0 Å². The maximum absolute atomic E-state index is 11.4. The van der Waals surface area contributed by atoms with Crippen LogP contribution < -0.4 is 5.32 Å². The molecule has 2 N–H and O–H groups in total. The van der Waals surface area contributed by atoms with Crippen LogP contribution in [0.3, 0.4) is 0 Å². The Kier molecular flexibility index (Phi) is 4.55. The van der Waals surface area contributed by atoms with E-state index in [-0.39, 0.29) is 12.5 Å². The molecular formula is C15H19NO3. The van der Waals surface area contributed by atoms with Crippen LogP contribution in [0.5, 0.6) is 0 Å². The molecule has 0 saturated heterocycles. The van der Waals surface area contributed by atoms with Crippen molar-refractivity contribution in [1.82, 2.24) is 5.32 Å². The Balaban J connectivity index is 1.74. The van der Waals surface area contributed by atoms with E-state index in [4.69, 9.17) is 5.11 Å². The van der Waals surface area contributed by atoms with Crippen molar-refractivity contribution in [2.24, 2.45) is 0 Å². The van der Waals surface area contributed by atoms with Gasteiger partial charge < -0.3 is 10.4 Å². The number of rotatable bonds is 6. The van der Waals surface area contributed by atoms with Gasteiger partial charge in [0.05, 0.1) is 0 Å². The van der Waals surface area contributed by atoms with Crippen LogP contribution >= 0.6 is 0 Å². The van der Waals surface area contributed by atoms with Gasteiger partial charge in [-0.15, -0.1) is 0 Å². The zero-order valence-corrected chi connectivity index (χ0v) is 10.9. The number of hydrogen-bond donors (Lipinski definition) is 2. The number of carboxylic acids is 1. The summed E-state index contributed by atoms with van der Waals surface area (Å²) in [7, 11) is 0. The summed E-state index contributed by atoms with van der Waals surface area (Å²) in [5.41, 5.74) is 4.18. The van der Waals surface area contributed by atoms with Crippen molar-refractivity contribution in [2.45, 2.75) is 38.5 Å². The van der Waals surface area contributed by atoms with Gasteiger partial charge in [-0.3, -0.25) is 9.59 Å². The number of amides is 1. The highest BCUT2D eigenvalue weighted by molar-refractivity contribution is 5.81. The van der Waals surface area contributed by atoms with Gasteiger partial charge in [-0.1, -0.05) is 18.2 Å². The lowest BCUT2D eigenvalue weighted by Crippen LogP contribution is -2.28. The van der Waals surface area contributed by atoms with Gasteiger partial charge in [0.1, 0.15) is 6.54 Å². The number of fused-ring (bicyclic) bond motifs is 1. The molecule has 0 saturated carbocycles. The van der Waals surface area contributed by atoms with Crippen LogP contribution in [0, 0.1) is 0 Å². The lowest BCUT2D eigenvalue weighted by atomic mass is 10.0. The Labute approximate surface area is 112 Å². The molecule has 0 unspecified atom stereocenters. The van der Waals surface area contributed by atoms with Crippen LogP contribution in [0.1, 0.15) is 36.0 Å². The maximum Gasteiger partial charge on any atom is 0.322 e. The van der Waals surface area contributed by atoms with Crippen molar-refractivity contribution in [3.63, 3.8) is 0 Å². The molecule has 0 radical (unpaired) electrons. The largest absolute Gasteiger partial charge is 0.480 e. The summed E-state index contributed by atoms with van der Waals surface area (Å²) in [5.74, 6) is -1.20. The van der Waals surface area contributed by atoms with E-state index in [0.29, 0.717) is 6.42 Å². The Bertz CT molecular complexity index is 482. The minimum atomic E-state index is -1.01. The fourth-order valence-electron chi connectivity index (χ4n) is 2.50. The fraction of sp³-hybridized carbons (Fsp3) is 0.467. The van der Waals surface area contributed by atoms with E-state index in [9.17, 15) is 9.59 Å². The van der Waals surface area contributed by atoms with E-state index in [2.05, 4.69) is 23.5 Å². The molecule has 1 aromatic rings. The highest BCUT2D eigenvalue weighted by Crippen LogP contribution is 2.23. The lowest BCUT2D eigenvalue weighted by Gasteiger charge is -2.05. The molecule has 1 aliphatic rings. The summed E-state index contributed by atoms with van der Waals surface area (Å²) in [6, 6.07) is 6.58. The maximum atomic E-state index is 11.4. The van der Waals surface area contributed by atoms with Crippen LogP contribution in [0.15, 0.2) is 18.2 Å². The first-order valence-corrected chi connectivity index (χ1v) is 6.74. The quantitative estimate of drug-likeness (QED) is 0.819. The molecule has 0 atom stereocenters. The first kappa shape index (κ1) is 13.6. The first-order chi connectivity index (χ1) is 9.15. The Hall–Kier alpha value is -1.84. The summed E-state index contributed by atoms with van der Waals surface area (Å²) in [6.45, 7) is -0.294. The number of aliphatic carboxylic acids is 1. The molecular weight excluding hydrogens is 242 g/mol. The van der Waals surface area contributed by atoms with Gasteiger partial charge in [-0.05, 0) is 48.8 Å². The SMILES string of the molecule is O=C(O)CNC(=O)CCCc1ccc2c(c1)CCC2. The van der Waals surface area contributed by atoms with Crippen molar-refractivity contribution in [3.05, 3.63) is 34.9 Å². The molecule has 1 aromatic carbocycles. The molecule has 0 bridgehead atoms. The van der Waals surface area contributed by atoms with E-state index < -0.39 is 5.97 Å². The van der Waals surface area contributed by atoms with Crippen molar-refractivity contribution in [3.8, 4) is 0 Å². The number of aryl methyl sites for hydroxylation is 3. The van der Waals surface area contributed by atoms with Gasteiger partial charge in [-0.2, -0.15) is 0 Å². The van der Waals surface area contributed by atoms with Crippen molar-refractivity contribution < 1.29 is 14.7 Å². The van der Waals surface area contributed by atoms with Crippen molar-refractivity contribution in [1.29, 1.82) is 0 Å². The second kappa shape index (κ2) is 6.36. The molecule has 0 spiro atoms. The number of carbonyl (C=O) groups excluding carboxylic acids is 1. The van der Waals surface area contributed by atoms with Crippen LogP contribution in [0.2, 0.25) is 0 Å². The van der Waals surface area contributed by atoms with Gasteiger partial charge in [-0.25, -0.2) is 0 Å². The highest BCUT2D eigenvalue weighted by atomic mass is 16.4. The lowest BCUT2D eigenvalue weighted by molar-refractivity contribution is -0.137. The molecule has 4 heteroatoms. The van der Waals surface area contributed by atoms with Gasteiger partial charge in [0.2, 0.25) is 5.91 Å². The third-order valence-corrected chi connectivity index (χ3v) is 3.47. The Morgan fingerprint density at radius 3 is 2.79 bits per heavy atom. The Morgan fingerprint density at radius 2 is 2.00 bits per heavy atom. The van der Waals surface area contributed by atoms with Crippen LogP contribution in [-0.2, 0) is 28.9 Å². The Morgan fingerprint density at radius 1 is 1.21 bits per heavy atom. The zero-order valence-electron chi connectivity index (χ0n) is 10.9. The topological polar surface area (TPSA) is 66.4 Å². The normalized spacial score (nSPS) is 13.1. The molecule has 0 fully saturated rings. The smallest absolute Gasteiger partial charge is 0.322 e. The molecule has 19 heavy (non-hydrogen) atoms. The van der Waals surface area contributed by atoms with E-state index in [0.717, 1.165) is 12.8 Å². The molecule has 102 valence electrons. The second-order valence-corrected chi connectivity index (χ2v) is 4.98. The van der Waals surface area contributed by atoms with Gasteiger partial charge in [0.15, 0.2) is 0 Å². The first-order valence-electron chi connectivity index (χ1n) is 6.74. The number of nitrogens with one attached hydrogen (secondary N) is 1. The average molecular weight is 261 g/mol. The summed E-state index contributed by atoms with van der Waals surface area (Å²) < 4.78 is 0. The molecule has 1 amide bonds. The molecule has 0 aliphatic heterocycles. The molecule has 2 rings (SSSR count). The van der Waals surface area contributed by atoms with Gasteiger partial charge >= 0.3 is 5.97 Å². The highest BCUT2D eigenvalue weighted by Gasteiger charge is 2.11. The molecule has 0 aromatic heterocycles. The van der Waals surface area contributed by atoms with E-state index >= 15 is 0 Å². The summed E-state index contributed by atoms with van der Waals surface area (Å²) in [5, 5.41) is 10.8. The standard InChI is InChI=1S/C15H19NO3/c17-14(16-10-15(18)19)6-1-3-11-7-8-12-4-2-5-13(12)9-11/h7-9H,1-6,10H2,(H,16,17)(H,18,19). The molecule has 4 nitrogen and oxygen atoms in total. The summed E-state index contributed by atoms with van der Waals surface area (Å²) in [6.07, 6.45) is 5.61. The predicted octanol–water partition coefficient (Wildman–Crippen LogP) is 1.70. The van der Waals surface area contributed by atoms with Crippen LogP contribution in [0.25, 0.3) is 0 Å². The number of benzene rings is 1. The van der Waals surface area contributed by atoms with Crippen LogP contribution in [-0.4, -0.2) is 23.5 Å². The number of hydrogen-bond acceptors (Lipinski definition) is 2. The monoisotopic (exact) mass is 261 g/mol. The van der Waals surface area contributed by atoms with Gasteiger partial charge in [0, 0.05) is 6.42 Å². The van der Waals surface area contributed by atoms with Gasteiger partial charge in [0.25, 0.3) is 0 Å². The number of carbonyl (C=O) groups is 2. The fourth-order valence-corrected chi connectivity index (χ4v) is 2.50. The minimum absolute atomic E-state index is 0.191. The minimum Gasteiger partial charge on any atom is -0.480 e. The third-order valence-electron chi connectivity index (χ3n) is 3.47. The van der Waals surface area contributed by atoms with Crippen LogP contribution in [0.4, 0.5) is 0 Å². The average Bonchev–Trinajstić information content (AvgIpc) is 2.83. The second-order valence-electron chi connectivity index (χ2n) is 4.98. The van der Waals surface area contributed by atoms with E-state index in [1.807, 2.05) is 0 Å². The van der Waals surface area contributed by atoms with Crippen molar-refractivity contribution in [2.75, 3.05) is 6.54 Å². The van der Waals surface area contributed by atoms with E-state index in [1.165, 1.54) is 36.0 Å². The predicted molar refractivity (Wildman–Crippen MR) is 72.1 cm³/mol. The third kappa shape index (κ3) is 4.09. The zero-order chi connectivity index (χ0) is 13.7. The molecule has 0 heterocycles. The summed E-state index contributed by atoms with van der Waals surface area (Å²) >= 11 is 0. The molecule has 1 aliphatic carbocycles. The number of carboxylic acid groups (broad SMARTS) is 1.